The molecular formula is C22H27N3O3. The van der Waals surface area contributed by atoms with Crippen LogP contribution in [0.4, 0.5) is 5.82 Å². The number of carbonyl (C=O) groups excluding carboxylic acids is 1. The normalized spacial score (nSPS) is 20.0. The summed E-state index contributed by atoms with van der Waals surface area (Å²) in [5.41, 5.74) is 3.50. The van der Waals surface area contributed by atoms with Crippen molar-refractivity contribution in [3.05, 3.63) is 47.3 Å². The first kappa shape index (κ1) is 18.7. The van der Waals surface area contributed by atoms with E-state index in [-0.39, 0.29) is 5.97 Å². The molecule has 0 spiro atoms. The van der Waals surface area contributed by atoms with E-state index in [9.17, 15) is 4.79 Å². The molecule has 0 radical (unpaired) electrons. The zero-order valence-corrected chi connectivity index (χ0v) is 16.3. The predicted molar refractivity (Wildman–Crippen MR) is 107 cm³/mol. The maximum absolute atomic E-state index is 11.6. The Bertz CT molecular complexity index is 822. The summed E-state index contributed by atoms with van der Waals surface area (Å²) in [7, 11) is 0. The van der Waals surface area contributed by atoms with Crippen LogP contribution < -0.4 is 10.1 Å². The lowest BCUT2D eigenvalue weighted by molar-refractivity contribution is -0.143. The molecule has 2 unspecified atom stereocenters. The largest absolute Gasteiger partial charge is 0.477 e. The topological polar surface area (TPSA) is 73.3 Å². The summed E-state index contributed by atoms with van der Waals surface area (Å²) in [5.74, 6) is 2.35. The molecular weight excluding hydrogens is 354 g/mol. The van der Waals surface area contributed by atoms with Gasteiger partial charge in [0.1, 0.15) is 5.82 Å². The minimum atomic E-state index is -0.103. The molecule has 6 nitrogen and oxygen atoms in total. The van der Waals surface area contributed by atoms with Gasteiger partial charge in [-0.2, -0.15) is 0 Å². The van der Waals surface area contributed by atoms with Crippen LogP contribution in [0.5, 0.6) is 5.88 Å². The van der Waals surface area contributed by atoms with E-state index in [2.05, 4.69) is 33.5 Å². The molecule has 2 aromatic rings. The number of aryl methyl sites for hydroxylation is 1. The summed E-state index contributed by atoms with van der Waals surface area (Å²) in [6.07, 6.45) is 6.42. The lowest BCUT2D eigenvalue weighted by Gasteiger charge is -2.17. The van der Waals surface area contributed by atoms with Crippen molar-refractivity contribution in [2.75, 3.05) is 25.1 Å². The van der Waals surface area contributed by atoms with E-state index in [1.54, 1.807) is 0 Å². The van der Waals surface area contributed by atoms with Crippen molar-refractivity contribution in [3.8, 4) is 5.88 Å². The van der Waals surface area contributed by atoms with Crippen molar-refractivity contribution >= 4 is 11.8 Å². The number of fused-ring (bicyclic) bond motifs is 1. The Morgan fingerprint density at radius 1 is 1.29 bits per heavy atom. The fourth-order valence-corrected chi connectivity index (χ4v) is 3.78. The number of pyridine rings is 2. The van der Waals surface area contributed by atoms with Crippen molar-refractivity contribution in [1.82, 2.24) is 9.97 Å². The smallest absolute Gasteiger partial charge is 0.306 e. The minimum absolute atomic E-state index is 0.103. The SMILES string of the molecule is CCOC(=O)CC1CC1c1ccc(OCCc2ccc3c(n2)NCCC3)nc1. The number of hydrogen-bond acceptors (Lipinski definition) is 6. The second kappa shape index (κ2) is 8.59. The van der Waals surface area contributed by atoms with Gasteiger partial charge >= 0.3 is 5.97 Å². The Morgan fingerprint density at radius 2 is 2.21 bits per heavy atom. The van der Waals surface area contributed by atoms with E-state index in [0.29, 0.717) is 37.4 Å². The molecule has 0 bridgehead atoms. The van der Waals surface area contributed by atoms with Gasteiger partial charge in [0.05, 0.1) is 13.2 Å². The molecule has 1 aliphatic heterocycles. The van der Waals surface area contributed by atoms with E-state index >= 15 is 0 Å². The molecule has 1 N–H and O–H groups in total. The van der Waals surface area contributed by atoms with Crippen molar-refractivity contribution in [1.29, 1.82) is 0 Å². The van der Waals surface area contributed by atoms with Crippen LogP contribution in [0.25, 0.3) is 0 Å². The summed E-state index contributed by atoms with van der Waals surface area (Å²) in [4.78, 5) is 20.7. The van der Waals surface area contributed by atoms with Gasteiger partial charge in [-0.1, -0.05) is 12.1 Å². The van der Waals surface area contributed by atoms with Crippen LogP contribution in [0.1, 0.15) is 48.9 Å². The fraction of sp³-hybridized carbons (Fsp3) is 0.500. The number of nitrogens with one attached hydrogen (secondary N) is 1. The molecule has 148 valence electrons. The molecule has 6 heteroatoms. The van der Waals surface area contributed by atoms with Crippen molar-refractivity contribution in [2.45, 2.75) is 44.9 Å². The molecule has 2 aromatic heterocycles. The molecule has 3 heterocycles. The Labute approximate surface area is 165 Å². The highest BCUT2D eigenvalue weighted by atomic mass is 16.5. The summed E-state index contributed by atoms with van der Waals surface area (Å²) in [6, 6.07) is 8.22. The van der Waals surface area contributed by atoms with Crippen molar-refractivity contribution < 1.29 is 14.3 Å². The van der Waals surface area contributed by atoms with Crippen molar-refractivity contribution in [3.63, 3.8) is 0 Å². The third-order valence-electron chi connectivity index (χ3n) is 5.40. The van der Waals surface area contributed by atoms with Gasteiger partial charge in [0.25, 0.3) is 0 Å². The van der Waals surface area contributed by atoms with Gasteiger partial charge in [-0.3, -0.25) is 4.79 Å². The molecule has 0 amide bonds. The Kier molecular flexibility index (Phi) is 5.74. The minimum Gasteiger partial charge on any atom is -0.477 e. The summed E-state index contributed by atoms with van der Waals surface area (Å²) in [6.45, 7) is 3.83. The van der Waals surface area contributed by atoms with Crippen LogP contribution >= 0.6 is 0 Å². The van der Waals surface area contributed by atoms with Crippen LogP contribution in [0.2, 0.25) is 0 Å². The molecule has 2 aliphatic rings. The van der Waals surface area contributed by atoms with Gasteiger partial charge in [-0.15, -0.1) is 0 Å². The maximum atomic E-state index is 11.6. The third-order valence-corrected chi connectivity index (χ3v) is 5.40. The average Bonchev–Trinajstić information content (AvgIpc) is 3.47. The quantitative estimate of drug-likeness (QED) is 0.706. The van der Waals surface area contributed by atoms with Crippen LogP contribution in [0.3, 0.4) is 0 Å². The third kappa shape index (κ3) is 4.61. The van der Waals surface area contributed by atoms with Gasteiger partial charge < -0.3 is 14.8 Å². The zero-order chi connectivity index (χ0) is 19.3. The highest BCUT2D eigenvalue weighted by molar-refractivity contribution is 5.70. The molecule has 1 aliphatic carbocycles. The number of aromatic nitrogens is 2. The number of nitrogens with zero attached hydrogens (tertiary/aromatic N) is 2. The lowest BCUT2D eigenvalue weighted by Crippen LogP contribution is -2.14. The maximum Gasteiger partial charge on any atom is 0.306 e. The van der Waals surface area contributed by atoms with Crippen LogP contribution in [0.15, 0.2) is 30.5 Å². The standard InChI is InChI=1S/C22H27N3O3/c1-2-27-21(26)13-17-12-19(17)16-6-8-20(24-14-16)28-11-9-18-7-5-15-4-3-10-23-22(15)25-18/h5-8,14,17,19H,2-4,9-13H2,1H3,(H,23,25). The first-order valence-corrected chi connectivity index (χ1v) is 10.2. The highest BCUT2D eigenvalue weighted by Crippen LogP contribution is 2.49. The first-order valence-electron chi connectivity index (χ1n) is 10.2. The molecule has 4 rings (SSSR count). The molecule has 28 heavy (non-hydrogen) atoms. The Hall–Kier alpha value is -2.63. The number of anilines is 1. The first-order chi connectivity index (χ1) is 13.7. The summed E-state index contributed by atoms with van der Waals surface area (Å²) >= 11 is 0. The van der Waals surface area contributed by atoms with Gasteiger partial charge in [-0.25, -0.2) is 9.97 Å². The highest BCUT2D eigenvalue weighted by Gasteiger charge is 2.40. The zero-order valence-electron chi connectivity index (χ0n) is 16.3. The molecule has 2 atom stereocenters. The monoisotopic (exact) mass is 381 g/mol. The van der Waals surface area contributed by atoms with E-state index < -0.39 is 0 Å². The van der Waals surface area contributed by atoms with Gasteiger partial charge in [-0.05, 0) is 55.2 Å². The predicted octanol–water partition coefficient (Wildman–Crippen LogP) is 3.51. The number of esters is 1. The van der Waals surface area contributed by atoms with E-state index in [0.717, 1.165) is 37.3 Å². The van der Waals surface area contributed by atoms with Crippen LogP contribution in [0, 0.1) is 5.92 Å². The fourth-order valence-electron chi connectivity index (χ4n) is 3.78. The number of carbonyl (C=O) groups is 1. The second-order valence-electron chi connectivity index (χ2n) is 7.48. The second-order valence-corrected chi connectivity index (χ2v) is 7.48. The number of rotatable bonds is 8. The summed E-state index contributed by atoms with van der Waals surface area (Å²) in [5, 5.41) is 3.36. The van der Waals surface area contributed by atoms with Gasteiger partial charge in [0.2, 0.25) is 5.88 Å². The lowest BCUT2D eigenvalue weighted by atomic mass is 10.1. The van der Waals surface area contributed by atoms with E-state index in [4.69, 9.17) is 9.47 Å². The molecule has 0 saturated heterocycles. The Balaban J connectivity index is 1.24. The van der Waals surface area contributed by atoms with Crippen LogP contribution in [-0.4, -0.2) is 35.7 Å². The van der Waals surface area contributed by atoms with Gasteiger partial charge in [0, 0.05) is 37.3 Å². The number of ether oxygens (including phenoxy) is 2. The molecule has 1 saturated carbocycles. The average molecular weight is 381 g/mol. The summed E-state index contributed by atoms with van der Waals surface area (Å²) < 4.78 is 10.8. The molecule has 0 aromatic carbocycles. The van der Waals surface area contributed by atoms with Gasteiger partial charge in [0.15, 0.2) is 0 Å². The molecule has 1 fully saturated rings. The van der Waals surface area contributed by atoms with Crippen LogP contribution in [-0.2, 0) is 22.4 Å². The Morgan fingerprint density at radius 3 is 3.04 bits per heavy atom. The number of hydrogen-bond donors (Lipinski definition) is 1. The van der Waals surface area contributed by atoms with E-state index in [1.165, 1.54) is 17.5 Å². The van der Waals surface area contributed by atoms with Crippen molar-refractivity contribution in [2.24, 2.45) is 5.92 Å². The van der Waals surface area contributed by atoms with E-state index in [1.807, 2.05) is 19.2 Å².